The SMILES string of the molecule is Cc1ccc(S(=O)(=O)N(CC(=O)Nc2ccc3c(c2)OCCO3)c2cccc(Cl)c2)cc1. The number of benzene rings is 3. The monoisotopic (exact) mass is 472 g/mol. The van der Waals surface area contributed by atoms with Crippen molar-refractivity contribution in [1.82, 2.24) is 0 Å². The van der Waals surface area contributed by atoms with Gasteiger partial charge in [-0.1, -0.05) is 35.4 Å². The summed E-state index contributed by atoms with van der Waals surface area (Å²) >= 11 is 6.09. The highest BCUT2D eigenvalue weighted by Gasteiger charge is 2.27. The number of nitrogens with one attached hydrogen (secondary N) is 1. The molecular formula is C23H21ClN2O5S. The first-order chi connectivity index (χ1) is 15.3. The molecule has 32 heavy (non-hydrogen) atoms. The number of carbonyl (C=O) groups excluding carboxylic acids is 1. The van der Waals surface area contributed by atoms with Gasteiger partial charge in [-0.2, -0.15) is 0 Å². The van der Waals surface area contributed by atoms with E-state index < -0.39 is 22.5 Å². The van der Waals surface area contributed by atoms with Gasteiger partial charge in [-0.05, 0) is 49.4 Å². The lowest BCUT2D eigenvalue weighted by molar-refractivity contribution is -0.114. The summed E-state index contributed by atoms with van der Waals surface area (Å²) < 4.78 is 38.9. The highest BCUT2D eigenvalue weighted by atomic mass is 35.5. The number of ether oxygens (including phenoxy) is 2. The zero-order chi connectivity index (χ0) is 22.7. The lowest BCUT2D eigenvalue weighted by Crippen LogP contribution is -2.38. The van der Waals surface area contributed by atoms with Crippen LogP contribution in [0.4, 0.5) is 11.4 Å². The molecule has 3 aromatic rings. The van der Waals surface area contributed by atoms with Crippen LogP contribution in [0.5, 0.6) is 11.5 Å². The van der Waals surface area contributed by atoms with Crippen molar-refractivity contribution in [1.29, 1.82) is 0 Å². The fraction of sp³-hybridized carbons (Fsp3) is 0.174. The quantitative estimate of drug-likeness (QED) is 0.579. The minimum atomic E-state index is -4.02. The van der Waals surface area contributed by atoms with Crippen molar-refractivity contribution in [3.63, 3.8) is 0 Å². The number of nitrogens with zero attached hydrogens (tertiary/aromatic N) is 1. The van der Waals surface area contributed by atoms with Gasteiger partial charge in [0.05, 0.1) is 10.6 Å². The standard InChI is InChI=1S/C23H21ClN2O5S/c1-16-5-8-20(9-6-16)32(28,29)26(19-4-2-3-17(24)13-19)15-23(27)25-18-7-10-21-22(14-18)31-12-11-30-21/h2-10,13-14H,11-12,15H2,1H3,(H,25,27). The number of rotatable bonds is 6. The molecule has 1 aliphatic heterocycles. The second-order valence-electron chi connectivity index (χ2n) is 7.21. The van der Waals surface area contributed by atoms with Gasteiger partial charge in [-0.3, -0.25) is 9.10 Å². The van der Waals surface area contributed by atoms with Crippen LogP contribution in [0.15, 0.2) is 71.6 Å². The molecule has 0 spiro atoms. The molecular weight excluding hydrogens is 452 g/mol. The van der Waals surface area contributed by atoms with Crippen molar-refractivity contribution in [3.05, 3.63) is 77.3 Å². The third-order valence-electron chi connectivity index (χ3n) is 4.82. The van der Waals surface area contributed by atoms with E-state index in [-0.39, 0.29) is 10.6 Å². The third kappa shape index (κ3) is 4.81. The molecule has 0 radical (unpaired) electrons. The van der Waals surface area contributed by atoms with E-state index in [0.29, 0.717) is 35.4 Å². The van der Waals surface area contributed by atoms with Crippen LogP contribution >= 0.6 is 11.6 Å². The van der Waals surface area contributed by atoms with E-state index in [2.05, 4.69) is 5.32 Å². The highest BCUT2D eigenvalue weighted by Crippen LogP contribution is 2.33. The van der Waals surface area contributed by atoms with Crippen molar-refractivity contribution in [2.45, 2.75) is 11.8 Å². The molecule has 0 atom stereocenters. The molecule has 0 fully saturated rings. The lowest BCUT2D eigenvalue weighted by Gasteiger charge is -2.24. The molecule has 1 aliphatic rings. The third-order valence-corrected chi connectivity index (χ3v) is 6.84. The molecule has 1 heterocycles. The number of hydrogen-bond donors (Lipinski definition) is 1. The Morgan fingerprint density at radius 1 is 1.00 bits per heavy atom. The second-order valence-corrected chi connectivity index (χ2v) is 9.51. The number of carbonyl (C=O) groups is 1. The van der Waals surface area contributed by atoms with Gasteiger partial charge in [-0.25, -0.2) is 8.42 Å². The largest absolute Gasteiger partial charge is 0.486 e. The van der Waals surface area contributed by atoms with Crippen LogP contribution in [-0.2, 0) is 14.8 Å². The van der Waals surface area contributed by atoms with E-state index in [1.54, 1.807) is 48.5 Å². The zero-order valence-corrected chi connectivity index (χ0v) is 18.8. The Hall–Kier alpha value is -3.23. The highest BCUT2D eigenvalue weighted by molar-refractivity contribution is 7.92. The lowest BCUT2D eigenvalue weighted by atomic mass is 10.2. The Balaban J connectivity index is 1.62. The topological polar surface area (TPSA) is 84.9 Å². The number of anilines is 2. The van der Waals surface area contributed by atoms with Gasteiger partial charge in [0.2, 0.25) is 5.91 Å². The minimum absolute atomic E-state index is 0.0789. The van der Waals surface area contributed by atoms with Gasteiger partial charge in [0.25, 0.3) is 10.0 Å². The number of halogens is 1. The van der Waals surface area contributed by atoms with E-state index in [1.807, 2.05) is 6.92 Å². The summed E-state index contributed by atoms with van der Waals surface area (Å²) in [5, 5.41) is 3.09. The molecule has 1 amide bonds. The zero-order valence-electron chi connectivity index (χ0n) is 17.2. The summed E-state index contributed by atoms with van der Waals surface area (Å²) in [6.45, 7) is 2.31. The van der Waals surface area contributed by atoms with E-state index in [4.69, 9.17) is 21.1 Å². The van der Waals surface area contributed by atoms with Gasteiger partial charge in [0, 0.05) is 16.8 Å². The molecule has 0 bridgehead atoms. The molecule has 0 saturated heterocycles. The van der Waals surface area contributed by atoms with Gasteiger partial charge >= 0.3 is 0 Å². The molecule has 1 N–H and O–H groups in total. The van der Waals surface area contributed by atoms with Crippen molar-refractivity contribution in [2.24, 2.45) is 0 Å². The van der Waals surface area contributed by atoms with Gasteiger partial charge < -0.3 is 14.8 Å². The fourth-order valence-corrected chi connectivity index (χ4v) is 4.83. The Morgan fingerprint density at radius 2 is 1.72 bits per heavy atom. The van der Waals surface area contributed by atoms with Crippen molar-refractivity contribution >= 4 is 38.9 Å². The Labute approximate surface area is 191 Å². The first-order valence-electron chi connectivity index (χ1n) is 9.87. The van der Waals surface area contributed by atoms with E-state index in [1.165, 1.54) is 18.2 Å². The summed E-state index contributed by atoms with van der Waals surface area (Å²) in [6.07, 6.45) is 0. The van der Waals surface area contributed by atoms with Crippen molar-refractivity contribution in [3.8, 4) is 11.5 Å². The number of sulfonamides is 1. The summed E-state index contributed by atoms with van der Waals surface area (Å²) in [7, 11) is -4.02. The summed E-state index contributed by atoms with van der Waals surface area (Å²) in [5.74, 6) is 0.599. The van der Waals surface area contributed by atoms with Crippen LogP contribution in [0, 0.1) is 6.92 Å². The van der Waals surface area contributed by atoms with Crippen molar-refractivity contribution in [2.75, 3.05) is 29.4 Å². The second kappa shape index (κ2) is 9.10. The maximum Gasteiger partial charge on any atom is 0.264 e. The van der Waals surface area contributed by atoms with Crippen LogP contribution in [-0.4, -0.2) is 34.1 Å². The van der Waals surface area contributed by atoms with Gasteiger partial charge in [0.15, 0.2) is 11.5 Å². The Kier molecular flexibility index (Phi) is 6.25. The summed E-state index contributed by atoms with van der Waals surface area (Å²) in [4.78, 5) is 12.9. The molecule has 0 aromatic heterocycles. The number of hydrogen-bond acceptors (Lipinski definition) is 5. The average molecular weight is 473 g/mol. The van der Waals surface area contributed by atoms with Crippen LogP contribution < -0.4 is 19.1 Å². The molecule has 7 nitrogen and oxygen atoms in total. The van der Waals surface area contributed by atoms with Gasteiger partial charge in [0.1, 0.15) is 19.8 Å². The minimum Gasteiger partial charge on any atom is -0.486 e. The van der Waals surface area contributed by atoms with E-state index in [9.17, 15) is 13.2 Å². The number of amides is 1. The predicted molar refractivity (Wildman–Crippen MR) is 123 cm³/mol. The van der Waals surface area contributed by atoms with Crippen molar-refractivity contribution < 1.29 is 22.7 Å². The molecule has 3 aromatic carbocycles. The van der Waals surface area contributed by atoms with Crippen LogP contribution in [0.3, 0.4) is 0 Å². The predicted octanol–water partition coefficient (Wildman–Crippen LogP) is 4.25. The molecule has 0 unspecified atom stereocenters. The summed E-state index contributed by atoms with van der Waals surface area (Å²) in [6, 6.07) is 17.8. The first kappa shape index (κ1) is 22.0. The molecule has 4 rings (SSSR count). The van der Waals surface area contributed by atoms with E-state index >= 15 is 0 Å². The normalized spacial score (nSPS) is 12.8. The van der Waals surface area contributed by atoms with Crippen LogP contribution in [0.25, 0.3) is 0 Å². The molecule has 0 aliphatic carbocycles. The summed E-state index contributed by atoms with van der Waals surface area (Å²) in [5.41, 5.74) is 1.68. The number of aryl methyl sites for hydroxylation is 1. The van der Waals surface area contributed by atoms with Gasteiger partial charge in [-0.15, -0.1) is 0 Å². The van der Waals surface area contributed by atoms with E-state index in [0.717, 1.165) is 9.87 Å². The average Bonchev–Trinajstić information content (AvgIpc) is 2.77. The van der Waals surface area contributed by atoms with Crippen LogP contribution in [0.2, 0.25) is 5.02 Å². The fourth-order valence-electron chi connectivity index (χ4n) is 3.24. The molecule has 0 saturated carbocycles. The molecule has 166 valence electrons. The van der Waals surface area contributed by atoms with Crippen LogP contribution in [0.1, 0.15) is 5.56 Å². The number of fused-ring (bicyclic) bond motifs is 1. The smallest absolute Gasteiger partial charge is 0.264 e. The Morgan fingerprint density at radius 3 is 2.44 bits per heavy atom. The Bertz CT molecular complexity index is 1250. The first-order valence-corrected chi connectivity index (χ1v) is 11.7. The maximum atomic E-state index is 13.4. The maximum absolute atomic E-state index is 13.4. The molecule has 9 heteroatoms.